The average molecular weight is 276 g/mol. The molecule has 0 aliphatic heterocycles. The zero-order valence-electron chi connectivity index (χ0n) is 10.5. The van der Waals surface area contributed by atoms with Crippen molar-refractivity contribution in [1.29, 1.82) is 0 Å². The van der Waals surface area contributed by atoms with Crippen LogP contribution >= 0.6 is 11.6 Å². The van der Waals surface area contributed by atoms with E-state index in [1.165, 1.54) is 6.07 Å². The van der Waals surface area contributed by atoms with E-state index in [0.29, 0.717) is 17.1 Å². The molecule has 0 bridgehead atoms. The third-order valence-corrected chi connectivity index (χ3v) is 3.03. The number of phenolic OH excluding ortho intramolecular Hbond substituents is 1. The molecule has 1 N–H and O–H groups in total. The van der Waals surface area contributed by atoms with Crippen molar-refractivity contribution < 1.29 is 9.90 Å². The van der Waals surface area contributed by atoms with Crippen LogP contribution in [0.2, 0.25) is 5.02 Å². The summed E-state index contributed by atoms with van der Waals surface area (Å²) in [5, 5.41) is 10.3. The molecule has 0 aromatic heterocycles. The minimum atomic E-state index is -0.224. The molecule has 4 heteroatoms. The number of nitrogens with zero attached hydrogens (tertiary/aromatic N) is 1. The lowest BCUT2D eigenvalue weighted by Gasteiger charge is -2.18. The van der Waals surface area contributed by atoms with Crippen LogP contribution in [0.15, 0.2) is 48.5 Å². The molecule has 0 atom stereocenters. The van der Waals surface area contributed by atoms with Crippen LogP contribution in [0.3, 0.4) is 0 Å². The standard InChI is InChI=1S/C15H14ClNO2/c1-17(10-11-5-4-6-12(16)9-11)15(19)13-7-2-3-8-14(13)18/h2-9,18H,10H2,1H3. The van der Waals surface area contributed by atoms with Crippen molar-refractivity contribution in [3.05, 3.63) is 64.7 Å². The van der Waals surface area contributed by atoms with E-state index in [2.05, 4.69) is 0 Å². The third-order valence-electron chi connectivity index (χ3n) is 2.79. The van der Waals surface area contributed by atoms with Crippen LogP contribution in [0.1, 0.15) is 15.9 Å². The fraction of sp³-hybridized carbons (Fsp3) is 0.133. The predicted octanol–water partition coefficient (Wildman–Crippen LogP) is 3.32. The second kappa shape index (κ2) is 5.76. The Balaban J connectivity index is 2.14. The predicted molar refractivity (Wildman–Crippen MR) is 75.4 cm³/mol. The number of aromatic hydroxyl groups is 1. The van der Waals surface area contributed by atoms with Crippen molar-refractivity contribution in [2.24, 2.45) is 0 Å². The number of carbonyl (C=O) groups excluding carboxylic acids is 1. The molecule has 19 heavy (non-hydrogen) atoms. The van der Waals surface area contributed by atoms with E-state index in [9.17, 15) is 9.90 Å². The average Bonchev–Trinajstić information content (AvgIpc) is 2.38. The number of para-hydroxylation sites is 1. The molecule has 0 radical (unpaired) electrons. The van der Waals surface area contributed by atoms with Gasteiger partial charge in [-0.15, -0.1) is 0 Å². The molecule has 3 nitrogen and oxygen atoms in total. The molecule has 1 amide bonds. The summed E-state index contributed by atoms with van der Waals surface area (Å²) >= 11 is 5.91. The molecule has 0 fully saturated rings. The van der Waals surface area contributed by atoms with E-state index in [4.69, 9.17) is 11.6 Å². The van der Waals surface area contributed by atoms with Gasteiger partial charge in [-0.3, -0.25) is 4.79 Å². The lowest BCUT2D eigenvalue weighted by Crippen LogP contribution is -2.26. The maximum Gasteiger partial charge on any atom is 0.257 e. The Morgan fingerprint density at radius 1 is 1.21 bits per heavy atom. The zero-order chi connectivity index (χ0) is 13.8. The van der Waals surface area contributed by atoms with Gasteiger partial charge >= 0.3 is 0 Å². The summed E-state index contributed by atoms with van der Waals surface area (Å²) < 4.78 is 0. The molecule has 0 aliphatic rings. The Bertz CT molecular complexity index is 598. The minimum Gasteiger partial charge on any atom is -0.507 e. The molecule has 2 rings (SSSR count). The smallest absolute Gasteiger partial charge is 0.257 e. The second-order valence-electron chi connectivity index (χ2n) is 4.31. The largest absolute Gasteiger partial charge is 0.507 e. The number of hydrogen-bond donors (Lipinski definition) is 1. The van der Waals surface area contributed by atoms with Gasteiger partial charge in [-0.1, -0.05) is 35.9 Å². The Kier molecular flexibility index (Phi) is 4.07. The van der Waals surface area contributed by atoms with Crippen LogP contribution in [-0.4, -0.2) is 23.0 Å². The highest BCUT2D eigenvalue weighted by molar-refractivity contribution is 6.30. The molecule has 98 valence electrons. The molecule has 0 spiro atoms. The maximum atomic E-state index is 12.2. The highest BCUT2D eigenvalue weighted by atomic mass is 35.5. The number of phenols is 1. The van der Waals surface area contributed by atoms with Crippen molar-refractivity contribution in [1.82, 2.24) is 4.90 Å². The number of halogens is 1. The first-order chi connectivity index (χ1) is 9.08. The molecular weight excluding hydrogens is 262 g/mol. The summed E-state index contributed by atoms with van der Waals surface area (Å²) in [6.07, 6.45) is 0. The van der Waals surface area contributed by atoms with Crippen LogP contribution in [0, 0.1) is 0 Å². The van der Waals surface area contributed by atoms with Crippen molar-refractivity contribution in [3.8, 4) is 5.75 Å². The SMILES string of the molecule is CN(Cc1cccc(Cl)c1)C(=O)c1ccccc1O. The van der Waals surface area contributed by atoms with Gasteiger partial charge in [-0.2, -0.15) is 0 Å². The van der Waals surface area contributed by atoms with E-state index >= 15 is 0 Å². The van der Waals surface area contributed by atoms with E-state index in [0.717, 1.165) is 5.56 Å². The molecule has 2 aromatic rings. The number of rotatable bonds is 3. The Hall–Kier alpha value is -2.00. The summed E-state index contributed by atoms with van der Waals surface area (Å²) in [6, 6.07) is 13.9. The highest BCUT2D eigenvalue weighted by Crippen LogP contribution is 2.19. The summed E-state index contributed by atoms with van der Waals surface area (Å²) in [4.78, 5) is 13.7. The quantitative estimate of drug-likeness (QED) is 0.933. The Labute approximate surface area is 117 Å². The van der Waals surface area contributed by atoms with E-state index in [1.807, 2.05) is 18.2 Å². The first-order valence-electron chi connectivity index (χ1n) is 5.86. The molecular formula is C15H14ClNO2. The van der Waals surface area contributed by atoms with Crippen molar-refractivity contribution in [2.45, 2.75) is 6.54 Å². The van der Waals surface area contributed by atoms with Gasteiger partial charge < -0.3 is 10.0 Å². The van der Waals surface area contributed by atoms with Gasteiger partial charge in [-0.25, -0.2) is 0 Å². The topological polar surface area (TPSA) is 40.5 Å². The fourth-order valence-electron chi connectivity index (χ4n) is 1.84. The number of amides is 1. The van der Waals surface area contributed by atoms with Crippen molar-refractivity contribution in [3.63, 3.8) is 0 Å². The summed E-state index contributed by atoms with van der Waals surface area (Å²) in [6.45, 7) is 0.438. The molecule has 0 saturated carbocycles. The van der Waals surface area contributed by atoms with E-state index in [1.54, 1.807) is 36.2 Å². The van der Waals surface area contributed by atoms with E-state index in [-0.39, 0.29) is 11.7 Å². The van der Waals surface area contributed by atoms with Gasteiger partial charge in [0.1, 0.15) is 5.75 Å². The molecule has 0 heterocycles. The van der Waals surface area contributed by atoms with Crippen molar-refractivity contribution in [2.75, 3.05) is 7.05 Å². The minimum absolute atomic E-state index is 0.00885. The van der Waals surface area contributed by atoms with E-state index < -0.39 is 0 Å². The normalized spacial score (nSPS) is 10.2. The first kappa shape index (κ1) is 13.4. The van der Waals surface area contributed by atoms with Crippen LogP contribution in [0.25, 0.3) is 0 Å². The molecule has 0 aliphatic carbocycles. The monoisotopic (exact) mass is 275 g/mol. The number of hydrogen-bond acceptors (Lipinski definition) is 2. The maximum absolute atomic E-state index is 12.2. The second-order valence-corrected chi connectivity index (χ2v) is 4.74. The number of benzene rings is 2. The van der Waals surface area contributed by atoms with Crippen LogP contribution in [0.5, 0.6) is 5.75 Å². The van der Waals surface area contributed by atoms with Crippen LogP contribution in [-0.2, 0) is 6.54 Å². The van der Waals surface area contributed by atoms with Gasteiger partial charge in [0.25, 0.3) is 5.91 Å². The summed E-state index contributed by atoms with van der Waals surface area (Å²) in [5.41, 5.74) is 1.24. The third kappa shape index (κ3) is 3.26. The van der Waals surface area contributed by atoms with Crippen LogP contribution < -0.4 is 0 Å². The molecule has 2 aromatic carbocycles. The van der Waals surface area contributed by atoms with Gasteiger partial charge in [0.15, 0.2) is 0 Å². The number of carbonyl (C=O) groups is 1. The lowest BCUT2D eigenvalue weighted by molar-refractivity contribution is 0.0782. The van der Waals surface area contributed by atoms with Gasteiger partial charge in [0.05, 0.1) is 5.56 Å². The Morgan fingerprint density at radius 3 is 2.63 bits per heavy atom. The fourth-order valence-corrected chi connectivity index (χ4v) is 2.05. The molecule has 0 unspecified atom stereocenters. The lowest BCUT2D eigenvalue weighted by atomic mass is 10.1. The summed E-state index contributed by atoms with van der Waals surface area (Å²) in [5.74, 6) is -0.233. The van der Waals surface area contributed by atoms with Gasteiger partial charge in [0, 0.05) is 18.6 Å². The first-order valence-corrected chi connectivity index (χ1v) is 6.23. The summed E-state index contributed by atoms with van der Waals surface area (Å²) in [7, 11) is 1.69. The highest BCUT2D eigenvalue weighted by Gasteiger charge is 2.15. The molecule has 0 saturated heterocycles. The van der Waals surface area contributed by atoms with Crippen molar-refractivity contribution >= 4 is 17.5 Å². The zero-order valence-corrected chi connectivity index (χ0v) is 11.3. The van der Waals surface area contributed by atoms with Gasteiger partial charge in [-0.05, 0) is 29.8 Å². The van der Waals surface area contributed by atoms with Crippen LogP contribution in [0.4, 0.5) is 0 Å². The Morgan fingerprint density at radius 2 is 1.95 bits per heavy atom. The van der Waals surface area contributed by atoms with Gasteiger partial charge in [0.2, 0.25) is 0 Å².